The predicted molar refractivity (Wildman–Crippen MR) is 97.6 cm³/mol. The van der Waals surface area contributed by atoms with E-state index in [4.69, 9.17) is 11.6 Å². The van der Waals surface area contributed by atoms with Crippen molar-refractivity contribution in [1.82, 2.24) is 5.32 Å². The molecule has 0 saturated carbocycles. The lowest BCUT2D eigenvalue weighted by molar-refractivity contribution is -0.117. The normalized spacial score (nSPS) is 23.7. The number of amides is 2. The van der Waals surface area contributed by atoms with Crippen LogP contribution in [0.5, 0.6) is 0 Å². The van der Waals surface area contributed by atoms with Gasteiger partial charge in [-0.3, -0.25) is 9.59 Å². The highest BCUT2D eigenvalue weighted by Crippen LogP contribution is 2.38. The van der Waals surface area contributed by atoms with E-state index in [1.807, 2.05) is 12.2 Å². The lowest BCUT2D eigenvalue weighted by Gasteiger charge is -2.33. The second-order valence-corrected chi connectivity index (χ2v) is 6.83. The van der Waals surface area contributed by atoms with Crippen LogP contribution in [0.4, 0.5) is 0 Å². The number of nitrogens with zero attached hydrogens (tertiary/aromatic N) is 1. The number of hydrogen-bond acceptors (Lipinski definition) is 2. The summed E-state index contributed by atoms with van der Waals surface area (Å²) in [5.74, 6) is -0.299. The molecule has 1 atom stereocenters. The van der Waals surface area contributed by atoms with Crippen LogP contribution in [0.1, 0.15) is 36.0 Å². The van der Waals surface area contributed by atoms with Crippen LogP contribution >= 0.6 is 11.6 Å². The smallest absolute Gasteiger partial charge is 0.279 e. The summed E-state index contributed by atoms with van der Waals surface area (Å²) in [7, 11) is 0. The summed E-state index contributed by atoms with van der Waals surface area (Å²) >= 11 is 6.06. The van der Waals surface area contributed by atoms with Crippen molar-refractivity contribution in [3.05, 3.63) is 69.9 Å². The largest absolute Gasteiger partial charge is 0.325 e. The number of nitrogens with one attached hydrogen (secondary N) is 1. The first-order chi connectivity index (χ1) is 12.1. The minimum Gasteiger partial charge on any atom is -0.325 e. The molecule has 5 heteroatoms. The molecule has 0 saturated heterocycles. The van der Waals surface area contributed by atoms with Crippen molar-refractivity contribution >= 4 is 29.1 Å². The van der Waals surface area contributed by atoms with Crippen molar-refractivity contribution in [1.29, 1.82) is 0 Å². The molecule has 1 aromatic carbocycles. The molecule has 1 unspecified atom stereocenters. The topological polar surface area (TPSA) is 58.5 Å². The quantitative estimate of drug-likeness (QED) is 0.830. The molecule has 0 bridgehead atoms. The van der Waals surface area contributed by atoms with Crippen LogP contribution in [0.2, 0.25) is 5.02 Å². The van der Waals surface area contributed by atoms with Gasteiger partial charge in [0.05, 0.1) is 16.3 Å². The molecule has 0 aromatic heterocycles. The average molecular weight is 353 g/mol. The zero-order valence-electron chi connectivity index (χ0n) is 13.6. The summed E-state index contributed by atoms with van der Waals surface area (Å²) in [6.45, 7) is 0. The van der Waals surface area contributed by atoms with Gasteiger partial charge in [-0.2, -0.15) is 0 Å². The van der Waals surface area contributed by atoms with Gasteiger partial charge in [0.2, 0.25) is 0 Å². The number of fused-ring (bicyclic) bond motifs is 2. The number of allylic oxidation sites excluding steroid dienone is 3. The first-order valence-electron chi connectivity index (χ1n) is 8.44. The summed E-state index contributed by atoms with van der Waals surface area (Å²) < 4.78 is 0. The third kappa shape index (κ3) is 2.98. The second-order valence-electron chi connectivity index (χ2n) is 6.42. The van der Waals surface area contributed by atoms with Gasteiger partial charge in [0.25, 0.3) is 11.8 Å². The van der Waals surface area contributed by atoms with Crippen molar-refractivity contribution in [2.24, 2.45) is 10.9 Å². The van der Waals surface area contributed by atoms with Crippen LogP contribution in [0, 0.1) is 5.92 Å². The van der Waals surface area contributed by atoms with Gasteiger partial charge in [-0.1, -0.05) is 29.8 Å². The summed E-state index contributed by atoms with van der Waals surface area (Å²) in [6.07, 6.45) is 9.66. The van der Waals surface area contributed by atoms with E-state index in [0.717, 1.165) is 37.0 Å². The second kappa shape index (κ2) is 6.45. The van der Waals surface area contributed by atoms with Gasteiger partial charge in [-0.15, -0.1) is 0 Å². The van der Waals surface area contributed by atoms with Gasteiger partial charge in [0.15, 0.2) is 0 Å². The van der Waals surface area contributed by atoms with Crippen molar-refractivity contribution in [2.45, 2.75) is 25.7 Å². The van der Waals surface area contributed by atoms with E-state index in [1.54, 1.807) is 30.3 Å². The summed E-state index contributed by atoms with van der Waals surface area (Å²) in [6, 6.07) is 6.84. The molecule has 2 aliphatic carbocycles. The van der Waals surface area contributed by atoms with E-state index in [2.05, 4.69) is 10.3 Å². The molecule has 4 nitrogen and oxygen atoms in total. The Bertz CT molecular complexity index is 893. The molecule has 0 spiro atoms. The molecular weight excluding hydrogens is 336 g/mol. The third-order valence-corrected chi connectivity index (χ3v) is 5.18. The summed E-state index contributed by atoms with van der Waals surface area (Å²) in [5, 5.41) is 3.35. The summed E-state index contributed by atoms with van der Waals surface area (Å²) in [4.78, 5) is 28.8. The van der Waals surface area contributed by atoms with Crippen LogP contribution < -0.4 is 5.32 Å². The Morgan fingerprint density at radius 1 is 1.20 bits per heavy atom. The van der Waals surface area contributed by atoms with Gasteiger partial charge < -0.3 is 5.32 Å². The van der Waals surface area contributed by atoms with E-state index < -0.39 is 0 Å². The summed E-state index contributed by atoms with van der Waals surface area (Å²) in [5.41, 5.74) is 3.85. The number of carbonyl (C=O) groups excluding carboxylic acids is 2. The third-order valence-electron chi connectivity index (χ3n) is 4.85. The number of hydrogen-bond donors (Lipinski definition) is 1. The fourth-order valence-corrected chi connectivity index (χ4v) is 3.85. The molecule has 2 amide bonds. The molecule has 4 rings (SSSR count). The fourth-order valence-electron chi connectivity index (χ4n) is 3.63. The maximum absolute atomic E-state index is 12.4. The van der Waals surface area contributed by atoms with E-state index in [-0.39, 0.29) is 17.7 Å². The number of rotatable bonds is 1. The first-order valence-corrected chi connectivity index (χ1v) is 8.82. The Kier molecular flexibility index (Phi) is 4.14. The molecule has 0 fully saturated rings. The monoisotopic (exact) mass is 352 g/mol. The molecule has 0 radical (unpaired) electrons. The minimum atomic E-state index is -0.389. The van der Waals surface area contributed by atoms with Crippen LogP contribution in [-0.4, -0.2) is 17.5 Å². The Morgan fingerprint density at radius 2 is 2.00 bits per heavy atom. The Balaban J connectivity index is 1.64. The standard InChI is InChI=1S/C20H17ClN2O2/c21-17-8-4-3-7-16(17)20(25)22-12-9-10-14-13-5-1-2-6-15(13)19(24)23-18(14)11-12/h3-4,7-11,14H,1-2,5-6H2,(H,23,24). The van der Waals surface area contributed by atoms with Crippen molar-refractivity contribution < 1.29 is 9.59 Å². The van der Waals surface area contributed by atoms with Gasteiger partial charge in [-0.25, -0.2) is 4.99 Å². The van der Waals surface area contributed by atoms with E-state index >= 15 is 0 Å². The Morgan fingerprint density at radius 3 is 2.84 bits per heavy atom. The molecule has 1 aliphatic heterocycles. The number of halogens is 1. The fraction of sp³-hybridized carbons (Fsp3) is 0.250. The highest BCUT2D eigenvalue weighted by Gasteiger charge is 2.33. The molecule has 3 aliphatic rings. The first kappa shape index (κ1) is 16.0. The highest BCUT2D eigenvalue weighted by molar-refractivity contribution is 6.34. The zero-order valence-corrected chi connectivity index (χ0v) is 14.3. The Labute approximate surface area is 151 Å². The average Bonchev–Trinajstić information content (AvgIpc) is 2.62. The van der Waals surface area contributed by atoms with Crippen LogP contribution in [0.3, 0.4) is 0 Å². The van der Waals surface area contributed by atoms with Gasteiger partial charge in [-0.05, 0) is 55.5 Å². The zero-order chi connectivity index (χ0) is 17.4. The van der Waals surface area contributed by atoms with Crippen LogP contribution in [-0.2, 0) is 4.79 Å². The van der Waals surface area contributed by atoms with E-state index in [0.29, 0.717) is 16.3 Å². The number of carbonyl (C=O) groups is 2. The molecule has 1 N–H and O–H groups in total. The number of benzene rings is 1. The molecule has 25 heavy (non-hydrogen) atoms. The predicted octanol–water partition coefficient (Wildman–Crippen LogP) is 3.99. The highest BCUT2D eigenvalue weighted by atomic mass is 35.5. The SMILES string of the molecule is O=C1NC2=CC(=NC(=O)c3ccccc3Cl)C=CC2C2=C1CCCC2. The van der Waals surface area contributed by atoms with Crippen molar-refractivity contribution in [2.75, 3.05) is 0 Å². The maximum Gasteiger partial charge on any atom is 0.279 e. The van der Waals surface area contributed by atoms with E-state index in [1.165, 1.54) is 5.57 Å². The van der Waals surface area contributed by atoms with Crippen molar-refractivity contribution in [3.63, 3.8) is 0 Å². The number of aliphatic imine (C=N–C) groups is 1. The van der Waals surface area contributed by atoms with Crippen LogP contribution in [0.15, 0.2) is 64.3 Å². The molecule has 1 heterocycles. The molecule has 1 aromatic rings. The molecular formula is C20H17ClN2O2. The van der Waals surface area contributed by atoms with Gasteiger partial charge in [0, 0.05) is 17.2 Å². The van der Waals surface area contributed by atoms with Gasteiger partial charge in [0.1, 0.15) is 0 Å². The maximum atomic E-state index is 12.4. The van der Waals surface area contributed by atoms with E-state index in [9.17, 15) is 9.59 Å². The lowest BCUT2D eigenvalue weighted by atomic mass is 9.77. The molecule has 126 valence electrons. The Hall–Kier alpha value is -2.46. The van der Waals surface area contributed by atoms with Crippen molar-refractivity contribution in [3.8, 4) is 0 Å². The van der Waals surface area contributed by atoms with Gasteiger partial charge >= 0.3 is 0 Å². The van der Waals surface area contributed by atoms with Crippen LogP contribution in [0.25, 0.3) is 0 Å². The lowest BCUT2D eigenvalue weighted by Crippen LogP contribution is -2.37. The minimum absolute atomic E-state index is 0.00993.